The Morgan fingerprint density at radius 1 is 1.30 bits per heavy atom. The number of rotatable bonds is 5. The minimum absolute atomic E-state index is 0.144. The molecule has 0 saturated heterocycles. The zero-order chi connectivity index (χ0) is 17.0. The molecule has 0 saturated carbocycles. The minimum Gasteiger partial charge on any atom is -0.541 e. The van der Waals surface area contributed by atoms with Crippen LogP contribution in [-0.4, -0.2) is 13.6 Å². The molecule has 0 amide bonds. The zero-order valence-corrected chi connectivity index (χ0v) is 15.5. The Kier molecular flexibility index (Phi) is 5.35. The second kappa shape index (κ2) is 7.07. The molecule has 1 unspecified atom stereocenters. The van der Waals surface area contributed by atoms with Crippen molar-refractivity contribution in [3.05, 3.63) is 63.5 Å². The first kappa shape index (κ1) is 17.4. The third-order valence-electron chi connectivity index (χ3n) is 3.94. The van der Waals surface area contributed by atoms with Gasteiger partial charge in [-0.25, -0.2) is 0 Å². The van der Waals surface area contributed by atoms with E-state index in [1.807, 2.05) is 50.7 Å². The fraction of sp³-hybridized carbons (Fsp3) is 0.278. The smallest absolute Gasteiger partial charge is 0.291 e. The van der Waals surface area contributed by atoms with Gasteiger partial charge in [-0.1, -0.05) is 23.7 Å². The highest BCUT2D eigenvalue weighted by Crippen LogP contribution is 2.27. The first-order valence-electron chi connectivity index (χ1n) is 7.42. The summed E-state index contributed by atoms with van der Waals surface area (Å²) in [6.45, 7) is 6.43. The molecular formula is C18H20ClNO2Si. The molecule has 0 N–H and O–H groups in total. The van der Waals surface area contributed by atoms with Gasteiger partial charge in [0.15, 0.2) is 5.75 Å². The van der Waals surface area contributed by atoms with Crippen LogP contribution in [-0.2, 0) is 6.54 Å². The molecule has 0 fully saturated rings. The van der Waals surface area contributed by atoms with Crippen molar-refractivity contribution >= 4 is 20.6 Å². The number of benzene rings is 1. The maximum absolute atomic E-state index is 12.6. The van der Waals surface area contributed by atoms with Crippen molar-refractivity contribution in [3.8, 4) is 18.1 Å². The van der Waals surface area contributed by atoms with Crippen molar-refractivity contribution in [2.24, 2.45) is 0 Å². The molecule has 1 aromatic heterocycles. The summed E-state index contributed by atoms with van der Waals surface area (Å²) < 4.78 is 7.57. The fourth-order valence-corrected chi connectivity index (χ4v) is 3.19. The molecule has 1 heterocycles. The molecule has 120 valence electrons. The van der Waals surface area contributed by atoms with Crippen LogP contribution >= 0.6 is 11.6 Å². The number of hydrogen-bond donors (Lipinski definition) is 0. The summed E-state index contributed by atoms with van der Waals surface area (Å²) in [6.07, 6.45) is 7.31. The molecule has 23 heavy (non-hydrogen) atoms. The number of pyridine rings is 1. The van der Waals surface area contributed by atoms with Gasteiger partial charge in [-0.3, -0.25) is 4.79 Å². The van der Waals surface area contributed by atoms with Gasteiger partial charge in [0.05, 0.1) is 11.6 Å². The topological polar surface area (TPSA) is 31.2 Å². The highest BCUT2D eigenvalue weighted by Gasteiger charge is 2.28. The van der Waals surface area contributed by atoms with E-state index < -0.39 is 9.04 Å². The molecular weight excluding hydrogens is 326 g/mol. The molecule has 0 radical (unpaired) electrons. The summed E-state index contributed by atoms with van der Waals surface area (Å²) in [6, 6.07) is 11.0. The highest BCUT2D eigenvalue weighted by molar-refractivity contribution is 6.55. The fourth-order valence-electron chi connectivity index (χ4n) is 1.97. The van der Waals surface area contributed by atoms with E-state index in [0.717, 1.165) is 5.56 Å². The first-order chi connectivity index (χ1) is 10.8. The van der Waals surface area contributed by atoms with E-state index in [1.165, 1.54) is 0 Å². The van der Waals surface area contributed by atoms with E-state index in [-0.39, 0.29) is 10.6 Å². The lowest BCUT2D eigenvalue weighted by Crippen LogP contribution is -2.33. The first-order valence-corrected chi connectivity index (χ1v) is 10.00. The number of hydrogen-bond acceptors (Lipinski definition) is 2. The van der Waals surface area contributed by atoms with Crippen molar-refractivity contribution in [2.45, 2.75) is 32.0 Å². The summed E-state index contributed by atoms with van der Waals surface area (Å²) in [4.78, 5) is 12.6. The Hall–Kier alpha value is -1.96. The molecule has 2 rings (SSSR count). The van der Waals surface area contributed by atoms with Crippen molar-refractivity contribution in [2.75, 3.05) is 0 Å². The van der Waals surface area contributed by atoms with E-state index in [2.05, 4.69) is 5.92 Å². The second-order valence-electron chi connectivity index (χ2n) is 6.06. The van der Waals surface area contributed by atoms with Gasteiger partial charge < -0.3 is 8.99 Å². The van der Waals surface area contributed by atoms with E-state index >= 15 is 0 Å². The van der Waals surface area contributed by atoms with E-state index in [9.17, 15) is 4.79 Å². The minimum atomic E-state index is -1.75. The molecule has 0 aliphatic rings. The lowest BCUT2D eigenvalue weighted by molar-refractivity contribution is 0.523. The van der Waals surface area contributed by atoms with Crippen molar-refractivity contribution in [3.63, 3.8) is 0 Å². The number of aromatic nitrogens is 1. The predicted molar refractivity (Wildman–Crippen MR) is 97.8 cm³/mol. The van der Waals surface area contributed by atoms with Crippen LogP contribution in [0.1, 0.15) is 19.4 Å². The second-order valence-corrected chi connectivity index (χ2v) is 9.46. The number of nitrogens with zero attached hydrogens (tertiary/aromatic N) is 1. The van der Waals surface area contributed by atoms with Crippen LogP contribution in [0, 0.1) is 12.3 Å². The number of halogens is 1. The van der Waals surface area contributed by atoms with Crippen LogP contribution < -0.4 is 9.99 Å². The quantitative estimate of drug-likeness (QED) is 0.611. The Labute approximate surface area is 143 Å². The van der Waals surface area contributed by atoms with Crippen molar-refractivity contribution < 1.29 is 4.43 Å². The highest BCUT2D eigenvalue weighted by atomic mass is 35.5. The van der Waals surface area contributed by atoms with Crippen LogP contribution in [0.5, 0.6) is 5.75 Å². The normalized spacial score (nSPS) is 12.5. The van der Waals surface area contributed by atoms with Gasteiger partial charge >= 0.3 is 0 Å². The molecule has 1 atom stereocenters. The van der Waals surface area contributed by atoms with Crippen LogP contribution in [0.3, 0.4) is 0 Å². The molecule has 3 nitrogen and oxygen atoms in total. The third-order valence-corrected chi connectivity index (χ3v) is 7.00. The number of terminal acetylenes is 1. The molecule has 0 aliphatic heterocycles. The van der Waals surface area contributed by atoms with Gasteiger partial charge in [0.2, 0.25) is 9.04 Å². The van der Waals surface area contributed by atoms with Gasteiger partial charge in [-0.2, -0.15) is 0 Å². The van der Waals surface area contributed by atoms with Gasteiger partial charge in [-0.05, 0) is 50.2 Å². The Bertz CT molecular complexity index is 775. The zero-order valence-electron chi connectivity index (χ0n) is 13.5. The lowest BCUT2D eigenvalue weighted by atomic mass is 10.2. The maximum Gasteiger partial charge on any atom is 0.291 e. The van der Waals surface area contributed by atoms with Crippen LogP contribution in [0.2, 0.25) is 16.6 Å². The molecule has 5 heteroatoms. The van der Waals surface area contributed by atoms with Crippen LogP contribution in [0.15, 0.2) is 47.4 Å². The SMILES string of the molecule is C#CC(C)(C)[SiH](C)Oc1cccn(Cc2ccc(Cl)cc2)c1=O. The standard InChI is InChI=1S/C18H20ClNO2Si/c1-5-18(2,3)23(4)22-16-7-6-12-20(17(16)21)13-14-8-10-15(19)11-9-14/h1,6-12,23H,13H2,2-4H3. The summed E-state index contributed by atoms with van der Waals surface area (Å²) in [5.74, 6) is 3.12. The summed E-state index contributed by atoms with van der Waals surface area (Å²) in [5.41, 5.74) is 0.859. The van der Waals surface area contributed by atoms with Crippen molar-refractivity contribution in [1.82, 2.24) is 4.57 Å². The molecule has 0 spiro atoms. The summed E-state index contributed by atoms with van der Waals surface area (Å²) >= 11 is 5.88. The largest absolute Gasteiger partial charge is 0.541 e. The summed E-state index contributed by atoms with van der Waals surface area (Å²) in [5, 5.41) is 0.359. The van der Waals surface area contributed by atoms with E-state index in [0.29, 0.717) is 17.3 Å². The van der Waals surface area contributed by atoms with Crippen LogP contribution in [0.25, 0.3) is 0 Å². The van der Waals surface area contributed by atoms with Gasteiger partial charge in [0, 0.05) is 11.2 Å². The molecule has 1 aromatic carbocycles. The van der Waals surface area contributed by atoms with Crippen molar-refractivity contribution in [1.29, 1.82) is 0 Å². The van der Waals surface area contributed by atoms with E-state index in [4.69, 9.17) is 22.5 Å². The molecule has 0 bridgehead atoms. The third kappa shape index (κ3) is 4.28. The maximum atomic E-state index is 12.6. The van der Waals surface area contributed by atoms with Gasteiger partial charge in [0.1, 0.15) is 0 Å². The van der Waals surface area contributed by atoms with Gasteiger partial charge in [-0.15, -0.1) is 12.3 Å². The average molecular weight is 346 g/mol. The van der Waals surface area contributed by atoms with Gasteiger partial charge in [0.25, 0.3) is 5.56 Å². The van der Waals surface area contributed by atoms with Crippen LogP contribution in [0.4, 0.5) is 0 Å². The Morgan fingerprint density at radius 2 is 1.96 bits per heavy atom. The van der Waals surface area contributed by atoms with E-state index in [1.54, 1.807) is 16.8 Å². The molecule has 2 aromatic rings. The Morgan fingerprint density at radius 3 is 2.57 bits per heavy atom. The monoisotopic (exact) mass is 345 g/mol. The average Bonchev–Trinajstić information content (AvgIpc) is 2.53. The predicted octanol–water partition coefficient (Wildman–Crippen LogP) is 3.70. The summed E-state index contributed by atoms with van der Waals surface area (Å²) in [7, 11) is -1.75. The molecule has 0 aliphatic carbocycles. The Balaban J connectivity index is 2.23. The lowest BCUT2D eigenvalue weighted by Gasteiger charge is -2.25.